The molecule has 114 valence electrons. The summed E-state index contributed by atoms with van der Waals surface area (Å²) >= 11 is 0. The molecule has 1 aliphatic heterocycles. The number of pyridine rings is 1. The van der Waals surface area contributed by atoms with E-state index in [0.717, 1.165) is 0 Å². The molecule has 0 aliphatic carbocycles. The van der Waals surface area contributed by atoms with Crippen LogP contribution in [0.15, 0.2) is 12.1 Å². The Morgan fingerprint density at radius 1 is 1.24 bits per heavy atom. The standard InChI is InChI=1S/C13H16F3N5/c1-21(2)9-4-3-8-10(19-9)20-11(18-8)12(13(14,15)16)5-6-17-7-12/h3-4,17H,5-7H2,1-2H3,(H,18,19,20). The number of aromatic nitrogens is 3. The van der Waals surface area contributed by atoms with E-state index >= 15 is 0 Å². The highest BCUT2D eigenvalue weighted by Gasteiger charge is 2.59. The molecule has 5 nitrogen and oxygen atoms in total. The smallest absolute Gasteiger partial charge is 0.363 e. The third-order valence-electron chi connectivity index (χ3n) is 3.94. The Hall–Kier alpha value is -1.83. The summed E-state index contributed by atoms with van der Waals surface area (Å²) in [7, 11) is 3.64. The van der Waals surface area contributed by atoms with Crippen LogP contribution in [0.5, 0.6) is 0 Å². The number of hydrogen-bond acceptors (Lipinski definition) is 4. The van der Waals surface area contributed by atoms with Gasteiger partial charge < -0.3 is 15.2 Å². The molecular formula is C13H16F3N5. The SMILES string of the molecule is CN(C)c1ccc2[nH]c(C3(C(F)(F)F)CCNC3)nc2n1. The van der Waals surface area contributed by atoms with Gasteiger partial charge in [-0.15, -0.1) is 0 Å². The van der Waals surface area contributed by atoms with Crippen molar-refractivity contribution >= 4 is 17.0 Å². The van der Waals surface area contributed by atoms with E-state index in [2.05, 4.69) is 20.3 Å². The van der Waals surface area contributed by atoms with Gasteiger partial charge in [-0.05, 0) is 25.1 Å². The van der Waals surface area contributed by atoms with Gasteiger partial charge in [-0.2, -0.15) is 13.2 Å². The average Bonchev–Trinajstić information content (AvgIpc) is 3.04. The first-order chi connectivity index (χ1) is 9.83. The molecular weight excluding hydrogens is 283 g/mol. The zero-order chi connectivity index (χ0) is 15.3. The second kappa shape index (κ2) is 4.59. The average molecular weight is 299 g/mol. The highest BCUT2D eigenvalue weighted by Crippen LogP contribution is 2.44. The summed E-state index contributed by atoms with van der Waals surface area (Å²) in [5.41, 5.74) is -1.12. The Labute approximate surface area is 119 Å². The molecule has 1 fully saturated rings. The Morgan fingerprint density at radius 3 is 2.57 bits per heavy atom. The summed E-state index contributed by atoms with van der Waals surface area (Å²) < 4.78 is 40.5. The monoisotopic (exact) mass is 299 g/mol. The molecule has 0 radical (unpaired) electrons. The molecule has 2 aromatic rings. The van der Waals surface area contributed by atoms with Crippen molar-refractivity contribution in [2.45, 2.75) is 18.0 Å². The van der Waals surface area contributed by atoms with Gasteiger partial charge in [0.15, 0.2) is 5.65 Å². The first-order valence-corrected chi connectivity index (χ1v) is 6.65. The number of nitrogens with zero attached hydrogens (tertiary/aromatic N) is 3. The third kappa shape index (κ3) is 2.14. The second-order valence-corrected chi connectivity index (χ2v) is 5.53. The van der Waals surface area contributed by atoms with E-state index < -0.39 is 11.6 Å². The Balaban J connectivity index is 2.11. The van der Waals surface area contributed by atoms with Crippen LogP contribution in [0.3, 0.4) is 0 Å². The number of H-pyrrole nitrogens is 1. The van der Waals surface area contributed by atoms with Crippen LogP contribution in [0.25, 0.3) is 11.2 Å². The van der Waals surface area contributed by atoms with Gasteiger partial charge in [0.25, 0.3) is 0 Å². The fourth-order valence-electron chi connectivity index (χ4n) is 2.63. The lowest BCUT2D eigenvalue weighted by atomic mass is 9.85. The molecule has 2 N–H and O–H groups in total. The largest absolute Gasteiger partial charge is 0.402 e. The van der Waals surface area contributed by atoms with Crippen molar-refractivity contribution in [3.05, 3.63) is 18.0 Å². The minimum absolute atomic E-state index is 0.0170. The quantitative estimate of drug-likeness (QED) is 0.888. The van der Waals surface area contributed by atoms with Gasteiger partial charge in [0.05, 0.1) is 5.52 Å². The third-order valence-corrected chi connectivity index (χ3v) is 3.94. The van der Waals surface area contributed by atoms with Crippen molar-refractivity contribution in [1.29, 1.82) is 0 Å². The molecule has 3 heterocycles. The van der Waals surface area contributed by atoms with Crippen molar-refractivity contribution in [1.82, 2.24) is 20.3 Å². The van der Waals surface area contributed by atoms with Crippen molar-refractivity contribution in [2.24, 2.45) is 0 Å². The summed E-state index contributed by atoms with van der Waals surface area (Å²) in [6.45, 7) is 0.170. The molecule has 1 unspecified atom stereocenters. The molecule has 1 saturated heterocycles. The van der Waals surface area contributed by atoms with Crippen molar-refractivity contribution in [2.75, 3.05) is 32.1 Å². The minimum atomic E-state index is -4.35. The van der Waals surface area contributed by atoms with Gasteiger partial charge in [-0.1, -0.05) is 0 Å². The molecule has 2 aromatic heterocycles. The zero-order valence-corrected chi connectivity index (χ0v) is 11.8. The molecule has 8 heteroatoms. The number of nitrogens with one attached hydrogen (secondary N) is 2. The van der Waals surface area contributed by atoms with Crippen LogP contribution < -0.4 is 10.2 Å². The van der Waals surface area contributed by atoms with Gasteiger partial charge in [-0.3, -0.25) is 0 Å². The van der Waals surface area contributed by atoms with Gasteiger partial charge in [0.2, 0.25) is 0 Å². The van der Waals surface area contributed by atoms with Crippen LogP contribution in [-0.2, 0) is 5.41 Å². The Bertz CT molecular complexity index is 655. The topological polar surface area (TPSA) is 56.8 Å². The number of fused-ring (bicyclic) bond motifs is 1. The van der Waals surface area contributed by atoms with E-state index in [1.807, 2.05) is 14.1 Å². The summed E-state index contributed by atoms with van der Waals surface area (Å²) in [6.07, 6.45) is -4.37. The van der Waals surface area contributed by atoms with E-state index in [1.165, 1.54) is 0 Å². The predicted octanol–water partition coefficient (Wildman–Crippen LogP) is 1.82. The van der Waals surface area contributed by atoms with Crippen LogP contribution in [-0.4, -0.2) is 48.3 Å². The Kier molecular flexibility index (Phi) is 3.09. The van der Waals surface area contributed by atoms with E-state index in [1.54, 1.807) is 17.0 Å². The number of alkyl halides is 3. The first kappa shape index (κ1) is 14.1. The molecule has 0 amide bonds. The zero-order valence-electron chi connectivity index (χ0n) is 11.8. The fourth-order valence-corrected chi connectivity index (χ4v) is 2.63. The number of rotatable bonds is 2. The molecule has 0 spiro atoms. The number of aromatic amines is 1. The molecule has 1 atom stereocenters. The summed E-state index contributed by atoms with van der Waals surface area (Å²) in [6, 6.07) is 3.46. The summed E-state index contributed by atoms with van der Waals surface area (Å²) in [5.74, 6) is 0.601. The maximum atomic E-state index is 13.5. The van der Waals surface area contributed by atoms with Crippen molar-refractivity contribution in [3.8, 4) is 0 Å². The predicted molar refractivity (Wildman–Crippen MR) is 73.4 cm³/mol. The highest BCUT2D eigenvalue weighted by molar-refractivity contribution is 5.73. The van der Waals surface area contributed by atoms with E-state index in [4.69, 9.17) is 0 Å². The maximum Gasteiger partial charge on any atom is 0.402 e. The highest BCUT2D eigenvalue weighted by atomic mass is 19.4. The lowest BCUT2D eigenvalue weighted by Gasteiger charge is -2.28. The number of hydrogen-bond donors (Lipinski definition) is 2. The van der Waals surface area contributed by atoms with E-state index in [0.29, 0.717) is 23.5 Å². The van der Waals surface area contributed by atoms with Crippen LogP contribution >= 0.6 is 0 Å². The first-order valence-electron chi connectivity index (χ1n) is 6.65. The molecule has 0 bridgehead atoms. The lowest BCUT2D eigenvalue weighted by molar-refractivity contribution is -0.186. The van der Waals surface area contributed by atoms with E-state index in [-0.39, 0.29) is 18.8 Å². The van der Waals surface area contributed by atoms with Crippen LogP contribution in [0, 0.1) is 0 Å². The van der Waals surface area contributed by atoms with Crippen molar-refractivity contribution < 1.29 is 13.2 Å². The fraction of sp³-hybridized carbons (Fsp3) is 0.538. The van der Waals surface area contributed by atoms with Crippen LogP contribution in [0.2, 0.25) is 0 Å². The molecule has 21 heavy (non-hydrogen) atoms. The summed E-state index contributed by atoms with van der Waals surface area (Å²) in [5, 5.41) is 2.78. The lowest BCUT2D eigenvalue weighted by Crippen LogP contribution is -2.45. The van der Waals surface area contributed by atoms with Crippen LogP contribution in [0.4, 0.5) is 19.0 Å². The summed E-state index contributed by atoms with van der Waals surface area (Å²) in [4.78, 5) is 13.0. The number of imidazole rings is 1. The van der Waals surface area contributed by atoms with Gasteiger partial charge in [-0.25, -0.2) is 9.97 Å². The van der Waals surface area contributed by atoms with Gasteiger partial charge in [0, 0.05) is 20.6 Å². The molecule has 3 rings (SSSR count). The van der Waals surface area contributed by atoms with Crippen molar-refractivity contribution in [3.63, 3.8) is 0 Å². The number of halogens is 3. The molecule has 1 aliphatic rings. The van der Waals surface area contributed by atoms with Crippen LogP contribution in [0.1, 0.15) is 12.2 Å². The maximum absolute atomic E-state index is 13.5. The number of anilines is 1. The van der Waals surface area contributed by atoms with Gasteiger partial charge >= 0.3 is 6.18 Å². The second-order valence-electron chi connectivity index (χ2n) is 5.53. The van der Waals surface area contributed by atoms with Gasteiger partial charge in [0.1, 0.15) is 17.1 Å². The molecule has 0 aromatic carbocycles. The Morgan fingerprint density at radius 2 is 2.00 bits per heavy atom. The molecule has 0 saturated carbocycles. The minimum Gasteiger partial charge on any atom is -0.363 e. The normalized spacial score (nSPS) is 22.9. The van der Waals surface area contributed by atoms with E-state index in [9.17, 15) is 13.2 Å².